The molecule has 186 valence electrons. The van der Waals surface area contributed by atoms with Crippen LogP contribution in [-0.2, 0) is 20.0 Å². The molecule has 0 radical (unpaired) electrons. The van der Waals surface area contributed by atoms with Crippen molar-refractivity contribution in [1.29, 1.82) is 0 Å². The molecule has 0 spiro atoms. The Labute approximate surface area is 211 Å². The molecule has 4 unspecified atom stereocenters. The van der Waals surface area contributed by atoms with Crippen LogP contribution in [0.2, 0.25) is 0 Å². The van der Waals surface area contributed by atoms with Gasteiger partial charge in [0, 0.05) is 23.7 Å². The molecule has 4 atom stereocenters. The van der Waals surface area contributed by atoms with Gasteiger partial charge in [-0.15, -0.1) is 0 Å². The Morgan fingerprint density at radius 3 is 1.17 bits per heavy atom. The van der Waals surface area contributed by atoms with Gasteiger partial charge in [0.05, 0.1) is 21.2 Å². The average molecular weight is 523 g/mol. The van der Waals surface area contributed by atoms with Crippen LogP contribution in [0.25, 0.3) is 0 Å². The summed E-state index contributed by atoms with van der Waals surface area (Å²) in [6, 6.07) is 13.3. The molecule has 4 aliphatic rings. The zero-order chi connectivity index (χ0) is 25.2. The van der Waals surface area contributed by atoms with Gasteiger partial charge in [0.15, 0.2) is 0 Å². The molecule has 2 N–H and O–H groups in total. The number of hydrogen-bond donors (Lipinski definition) is 2. The van der Waals surface area contributed by atoms with Crippen LogP contribution in [0.15, 0.2) is 92.8 Å². The average Bonchev–Trinajstić information content (AvgIpc) is 3.57. The van der Waals surface area contributed by atoms with Crippen LogP contribution in [-0.4, -0.2) is 28.3 Å². The van der Waals surface area contributed by atoms with Crippen molar-refractivity contribution in [2.45, 2.75) is 23.6 Å². The summed E-state index contributed by atoms with van der Waals surface area (Å²) < 4.78 is 51.1. The Hall–Kier alpha value is -3.24. The first-order valence-electron chi connectivity index (χ1n) is 11.8. The molecule has 2 fully saturated rings. The molecule has 4 aliphatic carbocycles. The summed E-state index contributed by atoms with van der Waals surface area (Å²) in [6.07, 6.45) is 8.23. The van der Waals surface area contributed by atoms with Crippen molar-refractivity contribution in [2.24, 2.45) is 45.7 Å². The number of hydrazone groups is 2. The van der Waals surface area contributed by atoms with Crippen molar-refractivity contribution in [2.75, 3.05) is 0 Å². The van der Waals surface area contributed by atoms with Crippen molar-refractivity contribution in [3.05, 3.63) is 84.0 Å². The predicted molar refractivity (Wildman–Crippen MR) is 137 cm³/mol. The summed E-state index contributed by atoms with van der Waals surface area (Å²) in [6.45, 7) is 3.80. The van der Waals surface area contributed by atoms with Crippen LogP contribution in [0.3, 0.4) is 0 Å². The number of rotatable bonds is 6. The molecular weight excluding hydrogens is 496 g/mol. The van der Waals surface area contributed by atoms with Crippen LogP contribution >= 0.6 is 0 Å². The lowest BCUT2D eigenvalue weighted by Gasteiger charge is -2.14. The van der Waals surface area contributed by atoms with Crippen LogP contribution in [0.5, 0.6) is 0 Å². The topological polar surface area (TPSA) is 117 Å². The summed E-state index contributed by atoms with van der Waals surface area (Å²) in [5.41, 5.74) is 3.56. The zero-order valence-electron chi connectivity index (χ0n) is 19.7. The highest BCUT2D eigenvalue weighted by molar-refractivity contribution is 7.89. The van der Waals surface area contributed by atoms with Gasteiger partial charge >= 0.3 is 0 Å². The van der Waals surface area contributed by atoms with E-state index in [1.807, 2.05) is 13.8 Å². The Morgan fingerprint density at radius 2 is 0.861 bits per heavy atom. The molecule has 0 aliphatic heterocycles. The van der Waals surface area contributed by atoms with E-state index in [9.17, 15) is 16.8 Å². The minimum absolute atomic E-state index is 0.0143. The molecule has 0 bridgehead atoms. The number of aryl methyl sites for hydroxylation is 2. The van der Waals surface area contributed by atoms with E-state index in [-0.39, 0.29) is 45.3 Å². The molecule has 2 aromatic carbocycles. The van der Waals surface area contributed by atoms with E-state index >= 15 is 0 Å². The molecule has 8 nitrogen and oxygen atoms in total. The Bertz CT molecular complexity index is 1400. The molecule has 0 saturated heterocycles. The lowest BCUT2D eigenvalue weighted by molar-refractivity contribution is 0.343. The van der Waals surface area contributed by atoms with E-state index in [2.05, 4.69) is 44.2 Å². The highest BCUT2D eigenvalue weighted by Gasteiger charge is 2.62. The number of benzene rings is 2. The maximum Gasteiger partial charge on any atom is 0.276 e. The fourth-order valence-electron chi connectivity index (χ4n) is 6.09. The lowest BCUT2D eigenvalue weighted by Crippen LogP contribution is -2.26. The number of sulfonamides is 2. The van der Waals surface area contributed by atoms with Gasteiger partial charge < -0.3 is 0 Å². The summed E-state index contributed by atoms with van der Waals surface area (Å²) in [5, 5.41) is 8.83. The maximum atomic E-state index is 12.8. The molecule has 2 saturated carbocycles. The minimum Gasteiger partial charge on any atom is -0.200 e. The molecule has 6 rings (SSSR count). The fourth-order valence-corrected chi connectivity index (χ4v) is 7.74. The second-order valence-electron chi connectivity index (χ2n) is 9.92. The first-order valence-corrected chi connectivity index (χ1v) is 14.8. The predicted octanol–water partition coefficient (Wildman–Crippen LogP) is 3.14. The minimum atomic E-state index is -3.78. The molecule has 10 heteroatoms. The van der Waals surface area contributed by atoms with Crippen molar-refractivity contribution in [1.82, 2.24) is 9.66 Å². The second-order valence-corrected chi connectivity index (χ2v) is 13.2. The van der Waals surface area contributed by atoms with E-state index in [0.717, 1.165) is 22.6 Å². The second kappa shape index (κ2) is 8.14. The molecule has 2 aromatic rings. The van der Waals surface area contributed by atoms with E-state index in [1.165, 1.54) is 0 Å². The Balaban J connectivity index is 1.24. The van der Waals surface area contributed by atoms with E-state index in [4.69, 9.17) is 0 Å². The third kappa shape index (κ3) is 3.62. The van der Waals surface area contributed by atoms with E-state index in [1.54, 1.807) is 48.5 Å². The van der Waals surface area contributed by atoms with Crippen molar-refractivity contribution >= 4 is 31.5 Å². The summed E-state index contributed by atoms with van der Waals surface area (Å²) in [4.78, 5) is 5.22. The highest BCUT2D eigenvalue weighted by atomic mass is 32.2. The van der Waals surface area contributed by atoms with Gasteiger partial charge in [-0.25, -0.2) is 9.66 Å². The molecule has 0 amide bonds. The Kier molecular flexibility index (Phi) is 5.24. The van der Waals surface area contributed by atoms with Gasteiger partial charge in [0.25, 0.3) is 20.0 Å². The standard InChI is InChI=1S/C26H26N4O4S2/c1-15-3-7-17(8-4-15)35(31,32)29-27-25-19-11-13-21-23(19)24-20(25)12-14-22(24)26(21)28-30-36(33,34)18-9-5-16(2)6-10-18/h3-14,19-24,29-30H,1-2H3. The molecule has 36 heavy (non-hydrogen) atoms. The monoisotopic (exact) mass is 522 g/mol. The van der Waals surface area contributed by atoms with Crippen LogP contribution in [0, 0.1) is 49.4 Å². The van der Waals surface area contributed by atoms with Crippen LogP contribution in [0.4, 0.5) is 0 Å². The maximum absolute atomic E-state index is 12.8. The summed E-state index contributed by atoms with van der Waals surface area (Å²) in [5.74, 6) is 0.304. The number of hydrogen-bond acceptors (Lipinski definition) is 6. The first-order chi connectivity index (χ1) is 17.2. The zero-order valence-corrected chi connectivity index (χ0v) is 21.4. The number of allylic oxidation sites excluding steroid dienone is 4. The molecule has 0 aromatic heterocycles. The van der Waals surface area contributed by atoms with Gasteiger partial charge in [-0.3, -0.25) is 0 Å². The SMILES string of the molecule is Cc1ccc(S(=O)(=O)NN=C2C3C=CC4C(=NNS(=O)(=O)c5ccc(C)cc5)C5C=CC2C5C34)cc1. The Morgan fingerprint density at radius 1 is 0.556 bits per heavy atom. The third-order valence-electron chi connectivity index (χ3n) is 7.77. The molecule has 0 heterocycles. The summed E-state index contributed by atoms with van der Waals surface area (Å²) in [7, 11) is -7.55. The number of nitrogens with zero attached hydrogens (tertiary/aromatic N) is 2. The van der Waals surface area contributed by atoms with Gasteiger partial charge in [-0.05, 0) is 49.9 Å². The van der Waals surface area contributed by atoms with Crippen LogP contribution < -0.4 is 9.66 Å². The smallest absolute Gasteiger partial charge is 0.200 e. The fraction of sp³-hybridized carbons (Fsp3) is 0.308. The van der Waals surface area contributed by atoms with Crippen molar-refractivity contribution in [3.8, 4) is 0 Å². The first kappa shape index (κ1) is 23.2. The highest BCUT2D eigenvalue weighted by Crippen LogP contribution is 2.60. The third-order valence-corrected chi connectivity index (χ3v) is 10.2. The quantitative estimate of drug-likeness (QED) is 0.448. The largest absolute Gasteiger partial charge is 0.276 e. The summed E-state index contributed by atoms with van der Waals surface area (Å²) >= 11 is 0. The lowest BCUT2D eigenvalue weighted by atomic mass is 9.88. The van der Waals surface area contributed by atoms with Crippen LogP contribution in [0.1, 0.15) is 11.1 Å². The van der Waals surface area contributed by atoms with Crippen molar-refractivity contribution in [3.63, 3.8) is 0 Å². The number of nitrogens with one attached hydrogen (secondary N) is 2. The van der Waals surface area contributed by atoms with E-state index in [0.29, 0.717) is 0 Å². The van der Waals surface area contributed by atoms with E-state index < -0.39 is 20.0 Å². The van der Waals surface area contributed by atoms with Gasteiger partial charge in [-0.1, -0.05) is 59.7 Å². The van der Waals surface area contributed by atoms with Gasteiger partial charge in [0.1, 0.15) is 0 Å². The van der Waals surface area contributed by atoms with Gasteiger partial charge in [0.2, 0.25) is 0 Å². The van der Waals surface area contributed by atoms with Crippen molar-refractivity contribution < 1.29 is 16.8 Å². The molecular formula is C26H26N4O4S2. The van der Waals surface area contributed by atoms with Gasteiger partial charge in [-0.2, -0.15) is 27.0 Å². The normalized spacial score (nSPS) is 29.5.